The van der Waals surface area contributed by atoms with Crippen LogP contribution in [-0.4, -0.2) is 37.2 Å². The van der Waals surface area contributed by atoms with Gasteiger partial charge in [0.05, 0.1) is 0 Å². The van der Waals surface area contributed by atoms with Crippen molar-refractivity contribution in [3.8, 4) is 0 Å². The molecule has 0 saturated carbocycles. The highest BCUT2D eigenvalue weighted by Gasteiger charge is 2.19. The van der Waals surface area contributed by atoms with Crippen molar-refractivity contribution in [1.82, 2.24) is 0 Å². The van der Waals surface area contributed by atoms with Gasteiger partial charge in [-0.05, 0) is 64.2 Å². The normalized spacial score (nSPS) is 12.4. The Bertz CT molecular complexity index is 1460. The summed E-state index contributed by atoms with van der Waals surface area (Å²) in [6.07, 6.45) is 91.3. The third-order valence-electron chi connectivity index (χ3n) is 16.3. The molecule has 0 heterocycles. The van der Waals surface area contributed by atoms with Gasteiger partial charge in [0.2, 0.25) is 0 Å². The van der Waals surface area contributed by atoms with E-state index in [1.165, 1.54) is 257 Å². The molecule has 0 fully saturated rings. The van der Waals surface area contributed by atoms with E-state index in [4.69, 9.17) is 14.2 Å². The average molecular weight is 1150 g/mol. The minimum Gasteiger partial charge on any atom is -0.462 e. The number of carbonyl (C=O) groups excluding carboxylic acids is 3. The monoisotopic (exact) mass is 1150 g/mol. The maximum atomic E-state index is 12.9. The molecule has 0 aromatic carbocycles. The second kappa shape index (κ2) is 70.6. The summed E-state index contributed by atoms with van der Waals surface area (Å²) in [7, 11) is 0. The maximum absolute atomic E-state index is 12.9. The zero-order valence-corrected chi connectivity index (χ0v) is 55.0. The van der Waals surface area contributed by atoms with Crippen molar-refractivity contribution in [2.45, 2.75) is 393 Å². The number of hydrogen-bond acceptors (Lipinski definition) is 6. The van der Waals surface area contributed by atoms with Crippen LogP contribution in [0, 0.1) is 0 Å². The number of rotatable bonds is 67. The van der Waals surface area contributed by atoms with Crippen LogP contribution < -0.4 is 0 Å². The Morgan fingerprint density at radius 3 is 0.744 bits per heavy atom. The molecule has 0 aliphatic heterocycles. The van der Waals surface area contributed by atoms with E-state index in [0.717, 1.165) is 89.9 Å². The topological polar surface area (TPSA) is 78.9 Å². The molecule has 0 radical (unpaired) electrons. The van der Waals surface area contributed by atoms with Gasteiger partial charge in [-0.3, -0.25) is 14.4 Å². The number of allylic oxidation sites excluding steroid dienone is 10. The zero-order valence-electron chi connectivity index (χ0n) is 55.0. The van der Waals surface area contributed by atoms with E-state index in [2.05, 4.69) is 81.5 Å². The Hall–Kier alpha value is -2.89. The van der Waals surface area contributed by atoms with Gasteiger partial charge in [0.15, 0.2) is 6.10 Å². The van der Waals surface area contributed by atoms with Gasteiger partial charge in [0.1, 0.15) is 13.2 Å². The fourth-order valence-electron chi connectivity index (χ4n) is 10.9. The highest BCUT2D eigenvalue weighted by Crippen LogP contribution is 2.19. The minimum absolute atomic E-state index is 0.0692. The van der Waals surface area contributed by atoms with Crippen LogP contribution in [0.1, 0.15) is 387 Å². The predicted octanol–water partition coefficient (Wildman–Crippen LogP) is 25.1. The summed E-state index contributed by atoms with van der Waals surface area (Å²) in [5.41, 5.74) is 0. The largest absolute Gasteiger partial charge is 0.462 e. The average Bonchev–Trinajstić information content (AvgIpc) is 3.48. The van der Waals surface area contributed by atoms with Gasteiger partial charge < -0.3 is 14.2 Å². The zero-order chi connectivity index (χ0) is 59.2. The lowest BCUT2D eigenvalue weighted by Gasteiger charge is -2.18. The molecule has 478 valence electrons. The Kier molecular flexibility index (Phi) is 68.1. The third kappa shape index (κ3) is 67.9. The second-order valence-corrected chi connectivity index (χ2v) is 24.5. The molecular formula is C76H138O6. The van der Waals surface area contributed by atoms with E-state index in [1.54, 1.807) is 0 Å². The van der Waals surface area contributed by atoms with Crippen LogP contribution in [0.5, 0.6) is 0 Å². The standard InChI is InChI=1S/C76H138O6/c1-4-7-10-13-16-19-22-24-26-28-30-32-34-36-38-40-42-44-46-48-50-52-54-57-60-63-66-69-75(78)81-72-73(71-80-74(77)68-65-62-59-56-21-18-15-12-9-6-3)82-76(79)70-67-64-61-58-55-53-51-49-47-45-43-41-39-37-35-33-31-29-27-25-23-20-17-14-11-8-5-2/h7,10,16,19,24,26,30,32,36,38,73H,4-6,8-9,11-15,17-18,20-23,25,27-29,31,33-35,37,39-72H2,1-3H3/b10-7-,19-16-,26-24-,32-30-,38-36-. The molecule has 0 bridgehead atoms. The minimum atomic E-state index is -0.772. The summed E-state index contributed by atoms with van der Waals surface area (Å²) in [6, 6.07) is 0. The second-order valence-electron chi connectivity index (χ2n) is 24.5. The number of esters is 3. The Labute approximate surface area is 510 Å². The SMILES string of the molecule is CC/C=C\C/C=C\C/C=C\C/C=C\C/C=C\CCCCCCCCCCCCCC(=O)OCC(COC(=O)CCCCCCCCCCCC)OC(=O)CCCCCCCCCCCCCCCCCCCCCCCCCCCCC. The van der Waals surface area contributed by atoms with E-state index in [1.807, 2.05) is 0 Å². The molecule has 0 spiro atoms. The van der Waals surface area contributed by atoms with Crippen molar-refractivity contribution in [2.24, 2.45) is 0 Å². The Morgan fingerprint density at radius 1 is 0.256 bits per heavy atom. The summed E-state index contributed by atoms with van der Waals surface area (Å²) in [4.78, 5) is 38.4. The molecule has 1 unspecified atom stereocenters. The first-order chi connectivity index (χ1) is 40.5. The van der Waals surface area contributed by atoms with Gasteiger partial charge in [-0.1, -0.05) is 364 Å². The van der Waals surface area contributed by atoms with Crippen molar-refractivity contribution < 1.29 is 28.6 Å². The predicted molar refractivity (Wildman–Crippen MR) is 358 cm³/mol. The lowest BCUT2D eigenvalue weighted by atomic mass is 10.0. The van der Waals surface area contributed by atoms with Crippen LogP contribution in [0.2, 0.25) is 0 Å². The highest BCUT2D eigenvalue weighted by atomic mass is 16.6. The smallest absolute Gasteiger partial charge is 0.306 e. The van der Waals surface area contributed by atoms with Gasteiger partial charge in [0.25, 0.3) is 0 Å². The van der Waals surface area contributed by atoms with Crippen LogP contribution in [0.3, 0.4) is 0 Å². The van der Waals surface area contributed by atoms with Gasteiger partial charge in [-0.25, -0.2) is 0 Å². The number of carbonyl (C=O) groups is 3. The third-order valence-corrected chi connectivity index (χ3v) is 16.3. The summed E-state index contributed by atoms with van der Waals surface area (Å²) in [6.45, 7) is 6.58. The molecule has 0 amide bonds. The molecule has 0 aromatic rings. The molecule has 6 nitrogen and oxygen atoms in total. The first kappa shape index (κ1) is 79.1. The summed E-state index contributed by atoms with van der Waals surface area (Å²) in [5.74, 6) is -0.848. The lowest BCUT2D eigenvalue weighted by molar-refractivity contribution is -0.167. The molecule has 0 rings (SSSR count). The lowest BCUT2D eigenvalue weighted by Crippen LogP contribution is -2.30. The fourth-order valence-corrected chi connectivity index (χ4v) is 10.9. The van der Waals surface area contributed by atoms with E-state index in [-0.39, 0.29) is 31.1 Å². The Balaban J connectivity index is 4.15. The van der Waals surface area contributed by atoms with Crippen LogP contribution in [0.4, 0.5) is 0 Å². The van der Waals surface area contributed by atoms with Crippen molar-refractivity contribution in [1.29, 1.82) is 0 Å². The molecule has 0 saturated heterocycles. The molecule has 82 heavy (non-hydrogen) atoms. The first-order valence-electron chi connectivity index (χ1n) is 36.3. The van der Waals surface area contributed by atoms with Crippen molar-refractivity contribution in [3.63, 3.8) is 0 Å². The Morgan fingerprint density at radius 2 is 0.476 bits per heavy atom. The molecule has 0 N–H and O–H groups in total. The maximum Gasteiger partial charge on any atom is 0.306 e. The van der Waals surface area contributed by atoms with Gasteiger partial charge >= 0.3 is 17.9 Å². The molecule has 0 aromatic heterocycles. The van der Waals surface area contributed by atoms with Crippen LogP contribution in [0.15, 0.2) is 60.8 Å². The van der Waals surface area contributed by atoms with Crippen LogP contribution in [0.25, 0.3) is 0 Å². The van der Waals surface area contributed by atoms with Crippen LogP contribution >= 0.6 is 0 Å². The van der Waals surface area contributed by atoms with Crippen molar-refractivity contribution >= 4 is 17.9 Å². The van der Waals surface area contributed by atoms with E-state index >= 15 is 0 Å². The quantitative estimate of drug-likeness (QED) is 0.0261. The summed E-state index contributed by atoms with van der Waals surface area (Å²) >= 11 is 0. The molecule has 6 heteroatoms. The number of ether oxygens (including phenoxy) is 3. The van der Waals surface area contributed by atoms with Gasteiger partial charge in [0, 0.05) is 19.3 Å². The first-order valence-corrected chi connectivity index (χ1v) is 36.3. The van der Waals surface area contributed by atoms with Gasteiger partial charge in [-0.2, -0.15) is 0 Å². The van der Waals surface area contributed by atoms with Gasteiger partial charge in [-0.15, -0.1) is 0 Å². The van der Waals surface area contributed by atoms with E-state index < -0.39 is 6.10 Å². The fraction of sp³-hybridized carbons (Fsp3) is 0.829. The van der Waals surface area contributed by atoms with E-state index in [0.29, 0.717) is 19.3 Å². The van der Waals surface area contributed by atoms with Crippen LogP contribution in [-0.2, 0) is 28.6 Å². The summed E-state index contributed by atoms with van der Waals surface area (Å²) in [5, 5.41) is 0. The number of hydrogen-bond donors (Lipinski definition) is 0. The molecule has 0 aliphatic rings. The molecular weight excluding hydrogens is 1010 g/mol. The highest BCUT2D eigenvalue weighted by molar-refractivity contribution is 5.71. The van der Waals surface area contributed by atoms with Crippen molar-refractivity contribution in [2.75, 3.05) is 13.2 Å². The van der Waals surface area contributed by atoms with E-state index in [9.17, 15) is 14.4 Å². The molecule has 0 aliphatic carbocycles. The summed E-state index contributed by atoms with van der Waals surface area (Å²) < 4.78 is 17.0. The van der Waals surface area contributed by atoms with Crippen molar-refractivity contribution in [3.05, 3.63) is 60.8 Å². The number of unbranched alkanes of at least 4 members (excludes halogenated alkanes) is 46. The molecule has 1 atom stereocenters.